The lowest BCUT2D eigenvalue weighted by Gasteiger charge is -2.20. The summed E-state index contributed by atoms with van der Waals surface area (Å²) in [5, 5.41) is 7.14. The Kier molecular flexibility index (Phi) is 4.71. The van der Waals surface area contributed by atoms with Crippen molar-refractivity contribution in [3.8, 4) is 0 Å². The molecular weight excluding hydrogens is 306 g/mol. The zero-order chi connectivity index (χ0) is 17.3. The van der Waals surface area contributed by atoms with Crippen LogP contribution in [0.15, 0.2) is 17.0 Å². The number of rotatable bonds is 5. The van der Waals surface area contributed by atoms with Crippen molar-refractivity contribution in [3.63, 3.8) is 0 Å². The number of likely N-dealkylation sites (N-methyl/N-ethyl adjacent to an activating group) is 1. The highest BCUT2D eigenvalue weighted by atomic mass is 16.5. The summed E-state index contributed by atoms with van der Waals surface area (Å²) < 4.78 is 7.19. The predicted molar refractivity (Wildman–Crippen MR) is 89.7 cm³/mol. The van der Waals surface area contributed by atoms with E-state index in [1.54, 1.807) is 0 Å². The van der Waals surface area contributed by atoms with Crippen LogP contribution >= 0.6 is 0 Å². The van der Waals surface area contributed by atoms with Crippen LogP contribution < -0.4 is 5.32 Å². The fourth-order valence-corrected chi connectivity index (χ4v) is 3.55. The van der Waals surface area contributed by atoms with Crippen molar-refractivity contribution < 1.29 is 9.32 Å². The van der Waals surface area contributed by atoms with Crippen molar-refractivity contribution in [2.45, 2.75) is 38.6 Å². The van der Waals surface area contributed by atoms with Gasteiger partial charge in [0, 0.05) is 49.9 Å². The average Bonchev–Trinajstić information content (AvgIpc) is 3.18. The Bertz CT molecular complexity index is 701. The number of aryl methyl sites for hydroxylation is 3. The van der Waals surface area contributed by atoms with Gasteiger partial charge in [0.05, 0.1) is 18.1 Å². The highest BCUT2D eigenvalue weighted by Crippen LogP contribution is 2.26. The van der Waals surface area contributed by atoms with Crippen LogP contribution in [0, 0.1) is 13.8 Å². The highest BCUT2D eigenvalue weighted by Gasteiger charge is 2.34. The fraction of sp³-hybridized carbons (Fsp3) is 0.588. The van der Waals surface area contributed by atoms with Gasteiger partial charge >= 0.3 is 0 Å². The molecule has 0 unspecified atom stereocenters. The summed E-state index contributed by atoms with van der Waals surface area (Å²) in [6.07, 6.45) is 4.81. The van der Waals surface area contributed by atoms with Crippen LogP contribution in [0.2, 0.25) is 0 Å². The molecule has 2 aromatic heterocycles. The molecule has 1 fully saturated rings. The number of nitrogens with zero attached hydrogens (tertiary/aromatic N) is 4. The van der Waals surface area contributed by atoms with E-state index in [0.29, 0.717) is 12.8 Å². The number of imidazole rings is 1. The van der Waals surface area contributed by atoms with Gasteiger partial charge in [-0.3, -0.25) is 4.79 Å². The first-order chi connectivity index (χ1) is 11.5. The quantitative estimate of drug-likeness (QED) is 0.890. The molecule has 2 atom stereocenters. The molecule has 0 spiro atoms. The van der Waals surface area contributed by atoms with Gasteiger partial charge in [-0.05, 0) is 27.3 Å². The molecule has 1 aliphatic rings. The third-order valence-corrected chi connectivity index (χ3v) is 4.87. The maximum atomic E-state index is 12.4. The van der Waals surface area contributed by atoms with Crippen LogP contribution in [0.1, 0.15) is 35.1 Å². The molecule has 7 heteroatoms. The molecule has 3 rings (SSSR count). The Morgan fingerprint density at radius 3 is 2.79 bits per heavy atom. The fourth-order valence-electron chi connectivity index (χ4n) is 3.55. The van der Waals surface area contributed by atoms with Crippen molar-refractivity contribution >= 4 is 5.91 Å². The van der Waals surface area contributed by atoms with E-state index in [1.165, 1.54) is 0 Å². The maximum Gasteiger partial charge on any atom is 0.220 e. The molecule has 0 bridgehead atoms. The largest absolute Gasteiger partial charge is 0.361 e. The van der Waals surface area contributed by atoms with Crippen LogP contribution in [0.3, 0.4) is 0 Å². The van der Waals surface area contributed by atoms with Crippen LogP contribution in [0.5, 0.6) is 0 Å². The van der Waals surface area contributed by atoms with Crippen molar-refractivity contribution in [2.24, 2.45) is 7.05 Å². The van der Waals surface area contributed by atoms with Crippen LogP contribution in [-0.2, 0) is 18.3 Å². The molecule has 3 heterocycles. The molecule has 1 amide bonds. The molecule has 1 saturated heterocycles. The Hall–Kier alpha value is -2.15. The predicted octanol–water partition coefficient (Wildman–Crippen LogP) is 1.17. The Morgan fingerprint density at radius 2 is 2.17 bits per heavy atom. The van der Waals surface area contributed by atoms with Gasteiger partial charge in [-0.25, -0.2) is 4.98 Å². The number of likely N-dealkylation sites (tertiary alicyclic amines) is 1. The van der Waals surface area contributed by atoms with Crippen molar-refractivity contribution in [3.05, 3.63) is 35.2 Å². The zero-order valence-electron chi connectivity index (χ0n) is 14.7. The third kappa shape index (κ3) is 3.36. The van der Waals surface area contributed by atoms with Crippen LogP contribution in [0.4, 0.5) is 0 Å². The summed E-state index contributed by atoms with van der Waals surface area (Å²) >= 11 is 0. The van der Waals surface area contributed by atoms with E-state index in [2.05, 4.69) is 27.4 Å². The van der Waals surface area contributed by atoms with Gasteiger partial charge in [0.2, 0.25) is 5.91 Å². The summed E-state index contributed by atoms with van der Waals surface area (Å²) in [5.74, 6) is 1.14. The second-order valence-corrected chi connectivity index (χ2v) is 6.73. The smallest absolute Gasteiger partial charge is 0.220 e. The minimum absolute atomic E-state index is 0.0717. The lowest BCUT2D eigenvalue weighted by atomic mass is 9.99. The molecular formula is C17H25N5O2. The first-order valence-electron chi connectivity index (χ1n) is 8.31. The number of amides is 1. The summed E-state index contributed by atoms with van der Waals surface area (Å²) in [7, 11) is 4.08. The lowest BCUT2D eigenvalue weighted by Crippen LogP contribution is -2.40. The first-order valence-corrected chi connectivity index (χ1v) is 8.31. The number of carbonyl (C=O) groups is 1. The lowest BCUT2D eigenvalue weighted by molar-refractivity contribution is -0.121. The van der Waals surface area contributed by atoms with Crippen LogP contribution in [-0.4, -0.2) is 51.7 Å². The van der Waals surface area contributed by atoms with Gasteiger partial charge in [-0.1, -0.05) is 5.16 Å². The summed E-state index contributed by atoms with van der Waals surface area (Å²) in [6, 6.07) is 0.113. The molecule has 0 aliphatic carbocycles. The van der Waals surface area contributed by atoms with Gasteiger partial charge in [0.1, 0.15) is 5.76 Å². The van der Waals surface area contributed by atoms with Crippen molar-refractivity contribution in [2.75, 3.05) is 20.1 Å². The normalized spacial score (nSPS) is 21.3. The molecule has 1 N–H and O–H groups in total. The first kappa shape index (κ1) is 16.7. The second-order valence-electron chi connectivity index (χ2n) is 6.73. The Morgan fingerprint density at radius 1 is 1.38 bits per heavy atom. The second kappa shape index (κ2) is 6.76. The van der Waals surface area contributed by atoms with Gasteiger partial charge in [0.15, 0.2) is 0 Å². The number of hydrogen-bond donors (Lipinski definition) is 1. The highest BCUT2D eigenvalue weighted by molar-refractivity contribution is 5.76. The SMILES string of the molecule is Cc1noc(C)c1CCC(=O)N[C@@H]1CN(C)C[C@H]1c1cncn1C. The Labute approximate surface area is 142 Å². The zero-order valence-corrected chi connectivity index (χ0v) is 14.7. The number of carbonyl (C=O) groups excluding carboxylic acids is 1. The standard InChI is InChI=1S/C17H25N5O2/c1-11-13(12(2)24-20-11)5-6-17(23)19-15-9-21(3)8-14(15)16-7-18-10-22(16)4/h7,10,14-15H,5-6,8-9H2,1-4H3,(H,19,23)/t14-,15-/m1/s1. The van der Waals surface area contributed by atoms with Gasteiger partial charge in [-0.15, -0.1) is 0 Å². The molecule has 24 heavy (non-hydrogen) atoms. The van der Waals surface area contributed by atoms with E-state index in [0.717, 1.165) is 35.8 Å². The minimum atomic E-state index is 0.0717. The van der Waals surface area contributed by atoms with Crippen LogP contribution in [0.25, 0.3) is 0 Å². The minimum Gasteiger partial charge on any atom is -0.361 e. The topological polar surface area (TPSA) is 76.2 Å². The van der Waals surface area contributed by atoms with E-state index in [1.807, 2.05) is 38.0 Å². The molecule has 130 valence electrons. The molecule has 1 aliphatic heterocycles. The van der Waals surface area contributed by atoms with Gasteiger partial charge in [-0.2, -0.15) is 0 Å². The number of nitrogens with one attached hydrogen (secondary N) is 1. The average molecular weight is 331 g/mol. The molecule has 0 radical (unpaired) electrons. The molecule has 0 aromatic carbocycles. The van der Waals surface area contributed by atoms with E-state index >= 15 is 0 Å². The summed E-state index contributed by atoms with van der Waals surface area (Å²) in [4.78, 5) is 18.9. The Balaban J connectivity index is 1.61. The van der Waals surface area contributed by atoms with E-state index in [4.69, 9.17) is 4.52 Å². The molecule has 7 nitrogen and oxygen atoms in total. The summed E-state index contributed by atoms with van der Waals surface area (Å²) in [6.45, 7) is 5.58. The van der Waals surface area contributed by atoms with Gasteiger partial charge < -0.3 is 19.3 Å². The monoisotopic (exact) mass is 331 g/mol. The van der Waals surface area contributed by atoms with Gasteiger partial charge in [0.25, 0.3) is 0 Å². The van der Waals surface area contributed by atoms with E-state index in [-0.39, 0.29) is 17.9 Å². The number of hydrogen-bond acceptors (Lipinski definition) is 5. The molecule has 2 aromatic rings. The number of aromatic nitrogens is 3. The van der Waals surface area contributed by atoms with Crippen molar-refractivity contribution in [1.29, 1.82) is 0 Å². The molecule has 0 saturated carbocycles. The van der Waals surface area contributed by atoms with E-state index in [9.17, 15) is 4.79 Å². The van der Waals surface area contributed by atoms with Crippen molar-refractivity contribution in [1.82, 2.24) is 24.9 Å². The third-order valence-electron chi connectivity index (χ3n) is 4.87. The maximum absolute atomic E-state index is 12.4. The van der Waals surface area contributed by atoms with E-state index < -0.39 is 0 Å². The summed E-state index contributed by atoms with van der Waals surface area (Å²) in [5.41, 5.74) is 3.07.